The van der Waals surface area contributed by atoms with Gasteiger partial charge >= 0.3 is 11.9 Å². The van der Waals surface area contributed by atoms with Gasteiger partial charge in [0.15, 0.2) is 0 Å². The van der Waals surface area contributed by atoms with Crippen LogP contribution >= 0.6 is 0 Å². The first kappa shape index (κ1) is 25.0. The number of aliphatic hydroxyl groups is 2. The van der Waals surface area contributed by atoms with Gasteiger partial charge in [-0.05, 0) is 37.1 Å². The number of aromatic hydroxyl groups is 2. The first-order chi connectivity index (χ1) is 18.8. The molecule has 0 saturated carbocycles. The summed E-state index contributed by atoms with van der Waals surface area (Å²) >= 11 is 0. The third-order valence-corrected chi connectivity index (χ3v) is 7.36. The Balaban J connectivity index is 1.64. The molecule has 2 aromatic rings. The van der Waals surface area contributed by atoms with Gasteiger partial charge in [-0.15, -0.1) is 0 Å². The van der Waals surface area contributed by atoms with Crippen LogP contribution in [0.4, 0.5) is 0 Å². The lowest BCUT2D eigenvalue weighted by molar-refractivity contribution is -0.114. The number of hydrogen-bond donors (Lipinski definition) is 4. The number of aliphatic hydroxyl groups excluding tert-OH is 2. The normalized spacial score (nSPS) is 21.9. The Morgan fingerprint density at radius 2 is 0.925 bits per heavy atom. The van der Waals surface area contributed by atoms with Gasteiger partial charge in [-0.1, -0.05) is 0 Å². The number of allylic oxidation sites excluding steroid dienone is 2. The molecule has 4 aliphatic rings. The van der Waals surface area contributed by atoms with Crippen molar-refractivity contribution in [1.29, 1.82) is 0 Å². The highest BCUT2D eigenvalue weighted by Gasteiger charge is 2.47. The topological polar surface area (TPSA) is 202 Å². The monoisotopic (exact) mass is 546 g/mol. The van der Waals surface area contributed by atoms with Gasteiger partial charge in [0, 0.05) is 24.0 Å². The Labute approximate surface area is 223 Å². The van der Waals surface area contributed by atoms with Gasteiger partial charge in [0.2, 0.25) is 23.1 Å². The molecule has 0 spiro atoms. The largest absolute Gasteiger partial charge is 0.506 e. The predicted molar refractivity (Wildman–Crippen MR) is 131 cm³/mol. The van der Waals surface area contributed by atoms with E-state index in [9.17, 15) is 49.2 Å². The highest BCUT2D eigenvalue weighted by atomic mass is 16.5. The van der Waals surface area contributed by atoms with Crippen molar-refractivity contribution in [1.82, 2.24) is 0 Å². The molecule has 12 heteroatoms. The van der Waals surface area contributed by atoms with Crippen LogP contribution in [0.25, 0.3) is 11.5 Å². The number of esters is 2. The molecule has 0 amide bonds. The molecule has 202 valence electrons. The highest BCUT2D eigenvalue weighted by Crippen LogP contribution is 2.46. The van der Waals surface area contributed by atoms with E-state index in [4.69, 9.17) is 9.47 Å². The number of ketones is 4. The van der Waals surface area contributed by atoms with Crippen LogP contribution in [0.3, 0.4) is 0 Å². The average molecular weight is 546 g/mol. The van der Waals surface area contributed by atoms with E-state index < -0.39 is 104 Å². The van der Waals surface area contributed by atoms with Crippen LogP contribution in [0.15, 0.2) is 23.3 Å². The third kappa shape index (κ3) is 3.12. The van der Waals surface area contributed by atoms with Gasteiger partial charge in [0.1, 0.15) is 46.4 Å². The molecule has 2 atom stereocenters. The Morgan fingerprint density at radius 1 is 0.575 bits per heavy atom. The fourth-order valence-electron chi connectivity index (χ4n) is 5.65. The fraction of sp³-hybridized carbons (Fsp3) is 0.214. The molecule has 2 aliphatic heterocycles. The van der Waals surface area contributed by atoms with Crippen LogP contribution in [-0.4, -0.2) is 67.7 Å². The number of carbonyl (C=O) groups excluding carboxylic acids is 6. The van der Waals surface area contributed by atoms with E-state index in [0.29, 0.717) is 0 Å². The van der Waals surface area contributed by atoms with Crippen molar-refractivity contribution in [2.75, 3.05) is 0 Å². The maximum absolute atomic E-state index is 13.2. The Bertz CT molecular complexity index is 1640. The number of phenols is 2. The fourth-order valence-corrected chi connectivity index (χ4v) is 5.65. The second kappa shape index (κ2) is 8.12. The SMILES string of the molecule is C[C@@H]1Cc2cc3c(c(O)c2C(=O)O1)C(O)=C(C1=C(O)c2c(cc4c(c2O)C(=O)O[C@H](C)C4)C(=O)C1=O)C(=O)C3=O. The summed E-state index contributed by atoms with van der Waals surface area (Å²) in [7, 11) is 0. The van der Waals surface area contributed by atoms with Crippen LogP contribution in [-0.2, 0) is 31.9 Å². The Hall–Kier alpha value is -5.26. The van der Waals surface area contributed by atoms with Crippen LogP contribution in [0, 0.1) is 0 Å². The van der Waals surface area contributed by atoms with Crippen molar-refractivity contribution >= 4 is 46.6 Å². The lowest BCUT2D eigenvalue weighted by Crippen LogP contribution is -2.34. The molecule has 0 fully saturated rings. The average Bonchev–Trinajstić information content (AvgIpc) is 2.86. The van der Waals surface area contributed by atoms with Gasteiger partial charge in [-0.25, -0.2) is 9.59 Å². The Kier molecular flexibility index (Phi) is 5.08. The molecule has 0 saturated heterocycles. The summed E-state index contributed by atoms with van der Waals surface area (Å²) in [6, 6.07) is 2.30. The van der Waals surface area contributed by atoms with E-state index in [1.807, 2.05) is 0 Å². The van der Waals surface area contributed by atoms with E-state index in [1.165, 1.54) is 0 Å². The van der Waals surface area contributed by atoms with Gasteiger partial charge in [0.25, 0.3) is 0 Å². The molecule has 2 aliphatic carbocycles. The second-order valence-corrected chi connectivity index (χ2v) is 9.97. The standard InChI is InChI=1S/C28H18O12/c1-7-3-9-5-11-15(21(31)13(9)27(37)39-7)23(33)17(25(35)19(11)29)18-24(34)16-12(20(30)26(18)36)6-10-4-8(2)40-28(38)14(10)22(16)32/h5-8,31-34H,3-4H2,1-2H3/t7-,8-/m1/s1. The lowest BCUT2D eigenvalue weighted by Gasteiger charge is -2.28. The van der Waals surface area contributed by atoms with E-state index in [1.54, 1.807) is 13.8 Å². The van der Waals surface area contributed by atoms with E-state index in [-0.39, 0.29) is 35.1 Å². The number of fused-ring (bicyclic) bond motifs is 4. The molecule has 6 rings (SSSR count). The van der Waals surface area contributed by atoms with E-state index in [0.717, 1.165) is 12.1 Å². The molecule has 2 heterocycles. The molecule has 12 nitrogen and oxygen atoms in total. The first-order valence-corrected chi connectivity index (χ1v) is 12.1. The van der Waals surface area contributed by atoms with E-state index >= 15 is 0 Å². The maximum Gasteiger partial charge on any atom is 0.342 e. The zero-order valence-corrected chi connectivity index (χ0v) is 20.8. The minimum atomic E-state index is -1.49. The van der Waals surface area contributed by atoms with Crippen LogP contribution in [0.5, 0.6) is 11.5 Å². The molecule has 0 bridgehead atoms. The second-order valence-electron chi connectivity index (χ2n) is 9.97. The zero-order chi connectivity index (χ0) is 28.9. The molecule has 2 aromatic carbocycles. The molecule has 0 aromatic heterocycles. The minimum Gasteiger partial charge on any atom is -0.506 e. The van der Waals surface area contributed by atoms with Crippen LogP contribution in [0.2, 0.25) is 0 Å². The maximum atomic E-state index is 13.2. The number of benzene rings is 2. The number of phenolic OH excluding ortho intramolecular Hbond substituents is 2. The third-order valence-electron chi connectivity index (χ3n) is 7.36. The van der Waals surface area contributed by atoms with Crippen LogP contribution < -0.4 is 0 Å². The number of rotatable bonds is 1. The van der Waals surface area contributed by atoms with Gasteiger partial charge in [-0.2, -0.15) is 0 Å². The summed E-state index contributed by atoms with van der Waals surface area (Å²) in [6.07, 6.45) is -1.00. The minimum absolute atomic E-state index is 0.0985. The van der Waals surface area contributed by atoms with E-state index in [2.05, 4.69) is 0 Å². The number of ether oxygens (including phenoxy) is 2. The quantitative estimate of drug-likeness (QED) is 0.300. The summed E-state index contributed by atoms with van der Waals surface area (Å²) in [4.78, 5) is 77.7. The number of hydrogen-bond acceptors (Lipinski definition) is 12. The summed E-state index contributed by atoms with van der Waals surface area (Å²) < 4.78 is 10.2. The molecule has 0 radical (unpaired) electrons. The Morgan fingerprint density at radius 3 is 1.27 bits per heavy atom. The van der Waals surface area contributed by atoms with Crippen molar-refractivity contribution in [2.45, 2.75) is 38.9 Å². The smallest absolute Gasteiger partial charge is 0.342 e. The predicted octanol–water partition coefficient (Wildman–Crippen LogP) is 2.07. The molecule has 40 heavy (non-hydrogen) atoms. The van der Waals surface area contributed by atoms with Crippen LogP contribution in [0.1, 0.15) is 77.5 Å². The first-order valence-electron chi connectivity index (χ1n) is 12.1. The van der Waals surface area contributed by atoms with Gasteiger partial charge < -0.3 is 29.9 Å². The summed E-state index contributed by atoms with van der Waals surface area (Å²) in [5.41, 5.74) is -4.89. The van der Waals surface area contributed by atoms with Crippen molar-refractivity contribution in [3.63, 3.8) is 0 Å². The summed E-state index contributed by atoms with van der Waals surface area (Å²) in [6.45, 7) is 3.15. The van der Waals surface area contributed by atoms with Gasteiger partial charge in [-0.3, -0.25) is 19.2 Å². The van der Waals surface area contributed by atoms with Crippen molar-refractivity contribution < 1.29 is 58.7 Å². The highest BCUT2D eigenvalue weighted by molar-refractivity contribution is 6.60. The van der Waals surface area contributed by atoms with Crippen molar-refractivity contribution in [3.05, 3.63) is 67.8 Å². The van der Waals surface area contributed by atoms with Crippen molar-refractivity contribution in [2.24, 2.45) is 0 Å². The molecular formula is C28H18O12. The number of carbonyl (C=O) groups is 6. The van der Waals surface area contributed by atoms with Crippen molar-refractivity contribution in [3.8, 4) is 11.5 Å². The number of cyclic esters (lactones) is 2. The summed E-state index contributed by atoms with van der Waals surface area (Å²) in [5.74, 6) is -11.6. The lowest BCUT2D eigenvalue weighted by atomic mass is 9.76. The molecule has 4 N–H and O–H groups in total. The summed E-state index contributed by atoms with van der Waals surface area (Å²) in [5, 5.41) is 44.1. The molecule has 0 unspecified atom stereocenters. The number of Topliss-reactive ketones (excluding diaryl/α,β-unsaturated/α-hetero) is 4. The van der Waals surface area contributed by atoms with Gasteiger partial charge in [0.05, 0.1) is 22.3 Å². The zero-order valence-electron chi connectivity index (χ0n) is 20.8. The molecular weight excluding hydrogens is 528 g/mol.